The fourth-order valence-corrected chi connectivity index (χ4v) is 2.41. The highest BCUT2D eigenvalue weighted by atomic mass is 16.4. The standard InChI is InChI=1S/C15H12N2O4/c16-14(18)11-8-17(12-4-2-1-3-10(11)12)7-9-5-6-21-13(9)15(19)20/h1-6,8H,7H2,(H2,16,18)(H,19,20). The lowest BCUT2D eigenvalue weighted by atomic mass is 10.2. The molecule has 3 N–H and O–H groups in total. The lowest BCUT2D eigenvalue weighted by molar-refractivity contribution is 0.0660. The van der Waals surface area contributed by atoms with Gasteiger partial charge in [-0.25, -0.2) is 4.79 Å². The Morgan fingerprint density at radius 3 is 2.71 bits per heavy atom. The zero-order chi connectivity index (χ0) is 15.0. The molecule has 0 fully saturated rings. The number of benzene rings is 1. The van der Waals surface area contributed by atoms with E-state index in [1.54, 1.807) is 22.9 Å². The molecule has 0 aliphatic heterocycles. The maximum absolute atomic E-state index is 11.5. The highest BCUT2D eigenvalue weighted by Gasteiger charge is 2.17. The Bertz CT molecular complexity index is 844. The molecule has 0 aliphatic carbocycles. The van der Waals surface area contributed by atoms with E-state index in [9.17, 15) is 9.59 Å². The number of primary amides is 1. The summed E-state index contributed by atoms with van der Waals surface area (Å²) in [5.74, 6) is -1.74. The van der Waals surface area contributed by atoms with Crippen LogP contribution in [-0.2, 0) is 6.54 Å². The van der Waals surface area contributed by atoms with Gasteiger partial charge in [-0.3, -0.25) is 4.79 Å². The second-order valence-corrected chi connectivity index (χ2v) is 4.63. The molecular formula is C15H12N2O4. The van der Waals surface area contributed by atoms with Crippen molar-refractivity contribution in [3.05, 3.63) is 59.7 Å². The second kappa shape index (κ2) is 4.82. The molecule has 0 saturated carbocycles. The number of nitrogens with zero attached hydrogens (tertiary/aromatic N) is 1. The van der Waals surface area contributed by atoms with E-state index in [-0.39, 0.29) is 12.3 Å². The predicted octanol–water partition coefficient (Wildman–Crippen LogP) is 2.08. The van der Waals surface area contributed by atoms with Crippen LogP contribution in [0.1, 0.15) is 26.5 Å². The number of furan rings is 1. The lowest BCUT2D eigenvalue weighted by Gasteiger charge is -2.04. The van der Waals surface area contributed by atoms with Crippen molar-refractivity contribution >= 4 is 22.8 Å². The van der Waals surface area contributed by atoms with Gasteiger partial charge in [-0.1, -0.05) is 18.2 Å². The molecule has 0 bridgehead atoms. The van der Waals surface area contributed by atoms with Gasteiger partial charge in [0, 0.05) is 22.7 Å². The Morgan fingerprint density at radius 1 is 1.24 bits per heavy atom. The highest BCUT2D eigenvalue weighted by molar-refractivity contribution is 6.06. The molecule has 0 spiro atoms. The molecule has 1 aromatic carbocycles. The van der Waals surface area contributed by atoms with Crippen molar-refractivity contribution in [2.75, 3.05) is 0 Å². The Balaban J connectivity index is 2.11. The van der Waals surface area contributed by atoms with Crippen molar-refractivity contribution in [3.8, 4) is 0 Å². The zero-order valence-corrected chi connectivity index (χ0v) is 10.9. The van der Waals surface area contributed by atoms with Crippen LogP contribution in [0.3, 0.4) is 0 Å². The van der Waals surface area contributed by atoms with Crippen molar-refractivity contribution in [2.45, 2.75) is 6.54 Å². The normalized spacial score (nSPS) is 10.9. The summed E-state index contributed by atoms with van der Waals surface area (Å²) in [5.41, 5.74) is 7.12. The van der Waals surface area contributed by atoms with Gasteiger partial charge in [0.15, 0.2) is 0 Å². The summed E-state index contributed by atoms with van der Waals surface area (Å²) in [7, 11) is 0. The molecule has 0 unspecified atom stereocenters. The predicted molar refractivity (Wildman–Crippen MR) is 75.2 cm³/mol. The van der Waals surface area contributed by atoms with Crippen LogP contribution in [-0.4, -0.2) is 21.6 Å². The third-order valence-corrected chi connectivity index (χ3v) is 3.34. The van der Waals surface area contributed by atoms with E-state index >= 15 is 0 Å². The molecule has 2 aromatic heterocycles. The van der Waals surface area contributed by atoms with Crippen molar-refractivity contribution in [1.82, 2.24) is 4.57 Å². The molecule has 0 saturated heterocycles. The summed E-state index contributed by atoms with van der Waals surface area (Å²) in [6, 6.07) is 8.92. The first-order chi connectivity index (χ1) is 10.1. The molecule has 6 nitrogen and oxygen atoms in total. The first kappa shape index (κ1) is 13.0. The van der Waals surface area contributed by atoms with Crippen LogP contribution in [0.15, 0.2) is 47.2 Å². The first-order valence-corrected chi connectivity index (χ1v) is 6.25. The third kappa shape index (κ3) is 2.16. The van der Waals surface area contributed by atoms with Crippen LogP contribution < -0.4 is 5.73 Å². The van der Waals surface area contributed by atoms with Crippen LogP contribution in [0, 0.1) is 0 Å². The molecule has 1 amide bonds. The number of carbonyl (C=O) groups excluding carboxylic acids is 1. The monoisotopic (exact) mass is 284 g/mol. The molecular weight excluding hydrogens is 272 g/mol. The number of hydrogen-bond acceptors (Lipinski definition) is 3. The fourth-order valence-electron chi connectivity index (χ4n) is 2.41. The van der Waals surface area contributed by atoms with Crippen LogP contribution in [0.5, 0.6) is 0 Å². The first-order valence-electron chi connectivity index (χ1n) is 6.25. The number of amides is 1. The van der Waals surface area contributed by atoms with Gasteiger partial charge >= 0.3 is 5.97 Å². The van der Waals surface area contributed by atoms with Crippen molar-refractivity contribution < 1.29 is 19.1 Å². The number of nitrogens with two attached hydrogens (primary N) is 1. The van der Waals surface area contributed by atoms with Gasteiger partial charge in [-0.05, 0) is 12.1 Å². The van der Waals surface area contributed by atoms with Crippen LogP contribution in [0.2, 0.25) is 0 Å². The Kier molecular flexibility index (Phi) is 2.98. The third-order valence-electron chi connectivity index (χ3n) is 3.34. The Morgan fingerprint density at radius 2 is 2.00 bits per heavy atom. The van der Waals surface area contributed by atoms with Gasteiger partial charge in [0.05, 0.1) is 18.4 Å². The lowest BCUT2D eigenvalue weighted by Crippen LogP contribution is -2.10. The van der Waals surface area contributed by atoms with Gasteiger partial charge in [0.2, 0.25) is 5.76 Å². The topological polar surface area (TPSA) is 98.5 Å². The maximum Gasteiger partial charge on any atom is 0.372 e. The molecule has 106 valence electrons. The number of hydrogen-bond donors (Lipinski definition) is 2. The number of para-hydroxylation sites is 1. The van der Waals surface area contributed by atoms with Gasteiger partial charge in [0.1, 0.15) is 0 Å². The van der Waals surface area contributed by atoms with Crippen molar-refractivity contribution in [2.24, 2.45) is 5.73 Å². The number of rotatable bonds is 4. The molecule has 3 aromatic rings. The van der Waals surface area contributed by atoms with E-state index < -0.39 is 11.9 Å². The minimum absolute atomic E-state index is 0.103. The molecule has 0 aliphatic rings. The van der Waals surface area contributed by atoms with E-state index in [0.29, 0.717) is 11.1 Å². The summed E-state index contributed by atoms with van der Waals surface area (Å²) in [4.78, 5) is 22.6. The Hall–Kier alpha value is -3.02. The smallest absolute Gasteiger partial charge is 0.372 e. The van der Waals surface area contributed by atoms with Gasteiger partial charge in [0.25, 0.3) is 5.91 Å². The van der Waals surface area contributed by atoms with Gasteiger partial charge in [-0.2, -0.15) is 0 Å². The van der Waals surface area contributed by atoms with E-state index in [1.807, 2.05) is 18.2 Å². The molecule has 2 heterocycles. The SMILES string of the molecule is NC(=O)c1cn(Cc2ccoc2C(=O)O)c2ccccc12. The van der Waals surface area contributed by atoms with E-state index in [2.05, 4.69) is 0 Å². The number of aromatic carboxylic acids is 1. The number of carboxylic acids is 1. The summed E-state index contributed by atoms with van der Waals surface area (Å²) in [5, 5.41) is 9.80. The summed E-state index contributed by atoms with van der Waals surface area (Å²) in [6.45, 7) is 0.284. The number of carboxylic acid groups (broad SMARTS) is 1. The summed E-state index contributed by atoms with van der Waals surface area (Å²) in [6.07, 6.45) is 2.96. The highest BCUT2D eigenvalue weighted by Crippen LogP contribution is 2.23. The number of carbonyl (C=O) groups is 2. The molecule has 21 heavy (non-hydrogen) atoms. The van der Waals surface area contributed by atoms with E-state index in [1.165, 1.54) is 6.26 Å². The average molecular weight is 284 g/mol. The van der Waals surface area contributed by atoms with E-state index in [4.69, 9.17) is 15.3 Å². The summed E-state index contributed by atoms with van der Waals surface area (Å²) < 4.78 is 6.74. The van der Waals surface area contributed by atoms with Gasteiger partial charge < -0.3 is 19.8 Å². The van der Waals surface area contributed by atoms with E-state index in [0.717, 1.165) is 10.9 Å². The number of aromatic nitrogens is 1. The summed E-state index contributed by atoms with van der Waals surface area (Å²) >= 11 is 0. The zero-order valence-electron chi connectivity index (χ0n) is 10.9. The van der Waals surface area contributed by atoms with Crippen molar-refractivity contribution in [1.29, 1.82) is 0 Å². The van der Waals surface area contributed by atoms with Crippen LogP contribution in [0.4, 0.5) is 0 Å². The molecule has 0 atom stereocenters. The molecule has 0 radical (unpaired) electrons. The average Bonchev–Trinajstić information content (AvgIpc) is 3.04. The fraction of sp³-hybridized carbons (Fsp3) is 0.0667. The van der Waals surface area contributed by atoms with Crippen molar-refractivity contribution in [3.63, 3.8) is 0 Å². The largest absolute Gasteiger partial charge is 0.475 e. The molecule has 6 heteroatoms. The van der Waals surface area contributed by atoms with Gasteiger partial charge in [-0.15, -0.1) is 0 Å². The molecule has 3 rings (SSSR count). The minimum atomic E-state index is -1.12. The Labute approximate surface area is 119 Å². The minimum Gasteiger partial charge on any atom is -0.475 e. The second-order valence-electron chi connectivity index (χ2n) is 4.63. The van der Waals surface area contributed by atoms with Crippen LogP contribution in [0.25, 0.3) is 10.9 Å². The maximum atomic E-state index is 11.5. The van der Waals surface area contributed by atoms with Crippen LogP contribution >= 0.6 is 0 Å². The quantitative estimate of drug-likeness (QED) is 0.766. The number of fused-ring (bicyclic) bond motifs is 1.